The number of carbonyl (C=O) groups is 1. The molecule has 0 bridgehead atoms. The summed E-state index contributed by atoms with van der Waals surface area (Å²) in [7, 11) is 0. The van der Waals surface area contributed by atoms with Crippen molar-refractivity contribution in [3.8, 4) is 0 Å². The van der Waals surface area contributed by atoms with Gasteiger partial charge in [-0.15, -0.1) is 0 Å². The molecule has 1 aromatic carbocycles. The Morgan fingerprint density at radius 3 is 2.73 bits per heavy atom. The molecule has 1 heterocycles. The van der Waals surface area contributed by atoms with Crippen LogP contribution in [0.3, 0.4) is 0 Å². The van der Waals surface area contributed by atoms with Crippen molar-refractivity contribution < 1.29 is 4.79 Å². The molecule has 0 amide bonds. The standard InChI is InChI=1S/C12H12N2O/c1-8-3-4-10(9(2)5-8)12(15)11-6-13-7-14-11/h3-7H,1-2H3,(H,13,14). The van der Waals surface area contributed by atoms with Crippen LogP contribution in [0.1, 0.15) is 27.2 Å². The van der Waals surface area contributed by atoms with E-state index >= 15 is 0 Å². The number of rotatable bonds is 2. The Hall–Kier alpha value is -1.90. The summed E-state index contributed by atoms with van der Waals surface area (Å²) in [4.78, 5) is 18.6. The third-order valence-corrected chi connectivity index (χ3v) is 2.37. The van der Waals surface area contributed by atoms with Crippen LogP contribution in [0.25, 0.3) is 0 Å². The zero-order valence-electron chi connectivity index (χ0n) is 8.74. The van der Waals surface area contributed by atoms with Gasteiger partial charge in [0.05, 0.1) is 12.5 Å². The molecule has 0 spiro atoms. The summed E-state index contributed by atoms with van der Waals surface area (Å²) < 4.78 is 0. The molecule has 76 valence electrons. The Labute approximate surface area is 88.2 Å². The average molecular weight is 200 g/mol. The van der Waals surface area contributed by atoms with Crippen molar-refractivity contribution in [1.29, 1.82) is 0 Å². The Kier molecular flexibility index (Phi) is 2.37. The molecule has 0 saturated heterocycles. The number of hydrogen-bond acceptors (Lipinski definition) is 2. The van der Waals surface area contributed by atoms with Gasteiger partial charge in [0.25, 0.3) is 0 Å². The molecule has 0 aliphatic heterocycles. The number of nitrogens with one attached hydrogen (secondary N) is 1. The van der Waals surface area contributed by atoms with Crippen molar-refractivity contribution in [3.63, 3.8) is 0 Å². The van der Waals surface area contributed by atoms with Crippen molar-refractivity contribution in [2.24, 2.45) is 0 Å². The van der Waals surface area contributed by atoms with E-state index in [1.165, 1.54) is 6.33 Å². The lowest BCUT2D eigenvalue weighted by Gasteiger charge is -2.03. The van der Waals surface area contributed by atoms with Gasteiger partial charge in [-0.2, -0.15) is 0 Å². The third-order valence-electron chi connectivity index (χ3n) is 2.37. The first-order valence-electron chi connectivity index (χ1n) is 4.79. The minimum Gasteiger partial charge on any atom is -0.342 e. The molecule has 0 aliphatic carbocycles. The number of ketones is 1. The van der Waals surface area contributed by atoms with Gasteiger partial charge in [-0.05, 0) is 19.4 Å². The Balaban J connectivity index is 2.42. The van der Waals surface area contributed by atoms with Gasteiger partial charge in [0.2, 0.25) is 5.78 Å². The van der Waals surface area contributed by atoms with Gasteiger partial charge in [0, 0.05) is 5.56 Å². The Morgan fingerprint density at radius 2 is 2.13 bits per heavy atom. The largest absolute Gasteiger partial charge is 0.342 e. The molecular weight excluding hydrogens is 188 g/mol. The molecule has 0 fully saturated rings. The number of benzene rings is 1. The van der Waals surface area contributed by atoms with E-state index in [1.807, 2.05) is 32.0 Å². The van der Waals surface area contributed by atoms with Gasteiger partial charge < -0.3 is 4.98 Å². The molecule has 0 unspecified atom stereocenters. The van der Waals surface area contributed by atoms with Crippen molar-refractivity contribution in [2.45, 2.75) is 13.8 Å². The predicted molar refractivity (Wildman–Crippen MR) is 57.9 cm³/mol. The fraction of sp³-hybridized carbons (Fsp3) is 0.167. The van der Waals surface area contributed by atoms with Gasteiger partial charge in [-0.25, -0.2) is 4.98 Å². The van der Waals surface area contributed by atoms with E-state index in [9.17, 15) is 4.79 Å². The highest BCUT2D eigenvalue weighted by atomic mass is 16.1. The average Bonchev–Trinajstić information content (AvgIpc) is 2.69. The zero-order valence-corrected chi connectivity index (χ0v) is 8.74. The molecule has 0 aliphatic rings. The quantitative estimate of drug-likeness (QED) is 0.756. The highest BCUT2D eigenvalue weighted by molar-refractivity contribution is 6.08. The van der Waals surface area contributed by atoms with E-state index in [4.69, 9.17) is 0 Å². The summed E-state index contributed by atoms with van der Waals surface area (Å²) in [5.74, 6) is -0.00926. The molecule has 15 heavy (non-hydrogen) atoms. The van der Waals surface area contributed by atoms with Crippen molar-refractivity contribution in [3.05, 3.63) is 53.1 Å². The fourth-order valence-electron chi connectivity index (χ4n) is 1.59. The predicted octanol–water partition coefficient (Wildman–Crippen LogP) is 2.26. The maximum absolute atomic E-state index is 12.0. The second-order valence-corrected chi connectivity index (χ2v) is 3.61. The third kappa shape index (κ3) is 1.81. The summed E-state index contributed by atoms with van der Waals surface area (Å²) in [6.45, 7) is 3.95. The van der Waals surface area contributed by atoms with Crippen LogP contribution >= 0.6 is 0 Å². The second-order valence-electron chi connectivity index (χ2n) is 3.61. The molecular formula is C12H12N2O. The van der Waals surface area contributed by atoms with E-state index in [0.717, 1.165) is 16.7 Å². The number of aromatic amines is 1. The molecule has 2 rings (SSSR count). The van der Waals surface area contributed by atoms with Gasteiger partial charge >= 0.3 is 0 Å². The van der Waals surface area contributed by atoms with Crippen LogP contribution in [0.4, 0.5) is 0 Å². The molecule has 2 aromatic rings. The van der Waals surface area contributed by atoms with Crippen LogP contribution in [0.15, 0.2) is 30.7 Å². The second kappa shape index (κ2) is 3.69. The van der Waals surface area contributed by atoms with Crippen molar-refractivity contribution >= 4 is 5.78 Å². The number of imidazole rings is 1. The van der Waals surface area contributed by atoms with Gasteiger partial charge in [0.15, 0.2) is 0 Å². The first-order chi connectivity index (χ1) is 7.18. The number of aryl methyl sites for hydroxylation is 2. The highest BCUT2D eigenvalue weighted by Gasteiger charge is 2.12. The summed E-state index contributed by atoms with van der Waals surface area (Å²) >= 11 is 0. The fourth-order valence-corrected chi connectivity index (χ4v) is 1.59. The first kappa shape index (κ1) is 9.65. The van der Waals surface area contributed by atoms with Gasteiger partial charge in [-0.3, -0.25) is 4.79 Å². The minimum absolute atomic E-state index is 0.00926. The first-order valence-corrected chi connectivity index (χ1v) is 4.79. The molecule has 0 radical (unpaired) electrons. The summed E-state index contributed by atoms with van der Waals surface area (Å²) in [6, 6.07) is 5.80. The van der Waals surface area contributed by atoms with Crippen LogP contribution in [0.2, 0.25) is 0 Å². The number of aromatic nitrogens is 2. The summed E-state index contributed by atoms with van der Waals surface area (Å²) in [5, 5.41) is 0. The van der Waals surface area contributed by atoms with Gasteiger partial charge in [0.1, 0.15) is 5.69 Å². The number of hydrogen-bond donors (Lipinski definition) is 1. The van der Waals surface area contributed by atoms with E-state index in [1.54, 1.807) is 6.20 Å². The van der Waals surface area contributed by atoms with E-state index < -0.39 is 0 Å². The van der Waals surface area contributed by atoms with Crippen LogP contribution in [-0.2, 0) is 0 Å². The molecule has 1 aromatic heterocycles. The number of H-pyrrole nitrogens is 1. The lowest BCUT2D eigenvalue weighted by atomic mass is 10.0. The molecule has 3 nitrogen and oxygen atoms in total. The lowest BCUT2D eigenvalue weighted by Crippen LogP contribution is -2.04. The molecule has 0 saturated carbocycles. The molecule has 1 N–H and O–H groups in total. The topological polar surface area (TPSA) is 45.8 Å². The SMILES string of the molecule is Cc1ccc(C(=O)c2cnc[nH]2)c(C)c1. The number of nitrogens with zero attached hydrogens (tertiary/aromatic N) is 1. The van der Waals surface area contributed by atoms with Crippen LogP contribution in [0.5, 0.6) is 0 Å². The molecule has 0 atom stereocenters. The lowest BCUT2D eigenvalue weighted by molar-refractivity contribution is 0.103. The van der Waals surface area contributed by atoms with E-state index in [2.05, 4.69) is 9.97 Å². The van der Waals surface area contributed by atoms with Crippen LogP contribution in [0, 0.1) is 13.8 Å². The van der Waals surface area contributed by atoms with Crippen molar-refractivity contribution in [2.75, 3.05) is 0 Å². The van der Waals surface area contributed by atoms with Crippen LogP contribution < -0.4 is 0 Å². The molecule has 3 heteroatoms. The van der Waals surface area contributed by atoms with E-state index in [0.29, 0.717) is 5.69 Å². The van der Waals surface area contributed by atoms with Gasteiger partial charge in [-0.1, -0.05) is 23.8 Å². The monoisotopic (exact) mass is 200 g/mol. The summed E-state index contributed by atoms with van der Waals surface area (Å²) in [5.41, 5.74) is 3.41. The Bertz CT molecular complexity index is 486. The Morgan fingerprint density at radius 1 is 1.33 bits per heavy atom. The highest BCUT2D eigenvalue weighted by Crippen LogP contribution is 2.14. The zero-order chi connectivity index (χ0) is 10.8. The van der Waals surface area contributed by atoms with Crippen molar-refractivity contribution in [1.82, 2.24) is 9.97 Å². The van der Waals surface area contributed by atoms with Crippen LogP contribution in [-0.4, -0.2) is 15.8 Å². The minimum atomic E-state index is -0.00926. The smallest absolute Gasteiger partial charge is 0.211 e. The maximum atomic E-state index is 12.0. The summed E-state index contributed by atoms with van der Waals surface area (Å²) in [6.07, 6.45) is 3.05. The normalized spacial score (nSPS) is 10.3. The maximum Gasteiger partial charge on any atom is 0.211 e. The number of carbonyl (C=O) groups excluding carboxylic acids is 1. The van der Waals surface area contributed by atoms with E-state index in [-0.39, 0.29) is 5.78 Å².